The van der Waals surface area contributed by atoms with Crippen LogP contribution in [-0.2, 0) is 25.0 Å². The number of ketones is 1. The first kappa shape index (κ1) is 36.4. The Hall–Kier alpha value is -6.08. The Morgan fingerprint density at radius 2 is 1.08 bits per heavy atom. The monoisotopic (exact) mass is 690 g/mol. The van der Waals surface area contributed by atoms with Gasteiger partial charge in [0.2, 0.25) is 0 Å². The van der Waals surface area contributed by atoms with Crippen molar-refractivity contribution in [3.05, 3.63) is 82.2 Å². The fraction of sp³-hybridized carbons (Fsp3) is 0.161. The summed E-state index contributed by atoms with van der Waals surface area (Å²) in [5.74, 6) is -2.06. The molecule has 0 aliphatic heterocycles. The van der Waals surface area contributed by atoms with Crippen LogP contribution in [0, 0.1) is 45.3 Å². The van der Waals surface area contributed by atoms with Gasteiger partial charge < -0.3 is 14.2 Å². The Morgan fingerprint density at radius 3 is 1.56 bits per heavy atom. The Bertz CT molecular complexity index is 2100. The third-order valence-corrected chi connectivity index (χ3v) is 8.12. The SMILES string of the molecule is N#CC(C#N)=c1cc(OCCOC(=O)c2ccccc2S(=O)(=O)O)c(=C(C#N)C#N)cc1OCCCC(=O)c1ccccc1S(=O)(=O)O. The van der Waals surface area contributed by atoms with Crippen molar-refractivity contribution in [3.63, 3.8) is 0 Å². The highest BCUT2D eigenvalue weighted by atomic mass is 32.2. The number of benzene rings is 3. The van der Waals surface area contributed by atoms with Crippen LogP contribution in [0.1, 0.15) is 33.6 Å². The highest BCUT2D eigenvalue weighted by Gasteiger charge is 2.22. The third-order valence-electron chi connectivity index (χ3n) is 6.30. The van der Waals surface area contributed by atoms with Gasteiger partial charge >= 0.3 is 5.97 Å². The van der Waals surface area contributed by atoms with E-state index in [1.54, 1.807) is 24.3 Å². The molecule has 0 radical (unpaired) electrons. The molecule has 3 aromatic carbocycles. The zero-order chi connectivity index (χ0) is 35.5. The Morgan fingerprint density at radius 1 is 0.646 bits per heavy atom. The van der Waals surface area contributed by atoms with E-state index in [1.165, 1.54) is 30.3 Å². The number of carbonyl (C=O) groups excluding carboxylic acids is 2. The summed E-state index contributed by atoms with van der Waals surface area (Å²) in [7, 11) is -9.41. The van der Waals surface area contributed by atoms with Crippen molar-refractivity contribution in [1.29, 1.82) is 21.0 Å². The van der Waals surface area contributed by atoms with E-state index in [0.717, 1.165) is 30.3 Å². The van der Waals surface area contributed by atoms with Crippen LogP contribution in [0.5, 0.6) is 11.5 Å². The highest BCUT2D eigenvalue weighted by Crippen LogP contribution is 2.19. The van der Waals surface area contributed by atoms with Gasteiger partial charge in [-0.3, -0.25) is 13.9 Å². The van der Waals surface area contributed by atoms with Crippen LogP contribution in [0.2, 0.25) is 0 Å². The molecule has 2 N–H and O–H groups in total. The molecule has 0 spiro atoms. The number of rotatable bonds is 13. The smallest absolute Gasteiger partial charge is 0.339 e. The van der Waals surface area contributed by atoms with Crippen LogP contribution >= 0.6 is 0 Å². The number of Topliss-reactive ketones (excluding diaryl/α,β-unsaturated/α-hetero) is 1. The molecule has 0 aromatic heterocycles. The molecule has 0 fully saturated rings. The molecule has 0 saturated heterocycles. The molecule has 0 bridgehead atoms. The summed E-state index contributed by atoms with van der Waals surface area (Å²) < 4.78 is 81.6. The quantitative estimate of drug-likeness (QED) is 0.112. The molecule has 17 heteroatoms. The topological polar surface area (TPSA) is 266 Å². The number of ether oxygens (including phenoxy) is 3. The second-order valence-corrected chi connectivity index (χ2v) is 12.1. The van der Waals surface area contributed by atoms with Gasteiger partial charge in [-0.05, 0) is 36.8 Å². The van der Waals surface area contributed by atoms with E-state index in [2.05, 4.69) is 0 Å². The minimum atomic E-state index is -4.74. The average Bonchev–Trinajstić information content (AvgIpc) is 3.06. The number of nitrogens with zero attached hydrogens (tertiary/aromatic N) is 4. The number of nitriles is 4. The summed E-state index contributed by atoms with van der Waals surface area (Å²) in [6.45, 7) is -1.12. The highest BCUT2D eigenvalue weighted by molar-refractivity contribution is 7.86. The van der Waals surface area contributed by atoms with E-state index >= 15 is 0 Å². The third kappa shape index (κ3) is 9.01. The van der Waals surface area contributed by atoms with Gasteiger partial charge in [-0.2, -0.15) is 37.9 Å². The summed E-state index contributed by atoms with van der Waals surface area (Å²) in [6.07, 6.45) is -0.233. The lowest BCUT2D eigenvalue weighted by Gasteiger charge is -2.13. The Kier molecular flexibility index (Phi) is 12.1. The molecule has 0 saturated carbocycles. The molecular formula is C31H22N4O11S2. The van der Waals surface area contributed by atoms with Gasteiger partial charge in [-0.25, -0.2) is 4.79 Å². The molecule has 0 unspecified atom stereocenters. The van der Waals surface area contributed by atoms with Crippen molar-refractivity contribution in [2.75, 3.05) is 19.8 Å². The summed E-state index contributed by atoms with van der Waals surface area (Å²) in [4.78, 5) is 23.9. The van der Waals surface area contributed by atoms with E-state index < -0.39 is 71.7 Å². The maximum Gasteiger partial charge on any atom is 0.339 e. The first-order chi connectivity index (χ1) is 22.8. The number of carbonyl (C=O) groups is 2. The first-order valence-electron chi connectivity index (χ1n) is 13.4. The van der Waals surface area contributed by atoms with Crippen molar-refractivity contribution < 1.29 is 49.7 Å². The summed E-state index contributed by atoms with van der Waals surface area (Å²) >= 11 is 0. The van der Waals surface area contributed by atoms with Crippen molar-refractivity contribution in [1.82, 2.24) is 0 Å². The van der Waals surface area contributed by atoms with Crippen LogP contribution in [0.15, 0.2) is 70.5 Å². The molecule has 48 heavy (non-hydrogen) atoms. The molecule has 3 rings (SSSR count). The van der Waals surface area contributed by atoms with Crippen molar-refractivity contribution >= 4 is 43.1 Å². The largest absolute Gasteiger partial charge is 0.493 e. The molecule has 15 nitrogen and oxygen atoms in total. The molecule has 0 amide bonds. The second kappa shape index (κ2) is 16.0. The van der Waals surface area contributed by atoms with Crippen LogP contribution in [0.25, 0.3) is 11.1 Å². The van der Waals surface area contributed by atoms with E-state index in [-0.39, 0.29) is 46.9 Å². The maximum absolute atomic E-state index is 12.7. The van der Waals surface area contributed by atoms with E-state index in [1.807, 2.05) is 0 Å². The van der Waals surface area contributed by atoms with Gasteiger partial charge in [0.05, 0.1) is 12.2 Å². The Labute approximate surface area is 273 Å². The van der Waals surface area contributed by atoms with Gasteiger partial charge in [0.25, 0.3) is 20.2 Å². The van der Waals surface area contributed by atoms with E-state index in [0.29, 0.717) is 0 Å². The fourth-order valence-electron chi connectivity index (χ4n) is 4.18. The molecule has 244 valence electrons. The molecule has 0 aliphatic rings. The van der Waals surface area contributed by atoms with Gasteiger partial charge in [-0.15, -0.1) is 0 Å². The first-order valence-corrected chi connectivity index (χ1v) is 16.3. The normalized spacial score (nSPS) is 10.7. The molecule has 0 aliphatic carbocycles. The van der Waals surface area contributed by atoms with E-state index in [4.69, 9.17) is 14.2 Å². The van der Waals surface area contributed by atoms with Crippen molar-refractivity contribution in [2.45, 2.75) is 22.6 Å². The predicted molar refractivity (Wildman–Crippen MR) is 162 cm³/mol. The van der Waals surface area contributed by atoms with Gasteiger partial charge in [-0.1, -0.05) is 30.3 Å². The lowest BCUT2D eigenvalue weighted by Crippen LogP contribution is -2.22. The fourth-order valence-corrected chi connectivity index (χ4v) is 5.57. The summed E-state index contributed by atoms with van der Waals surface area (Å²) in [5.41, 5.74) is -1.60. The summed E-state index contributed by atoms with van der Waals surface area (Å²) in [5, 5.41) is 37.9. The second-order valence-electron chi connectivity index (χ2n) is 9.34. The van der Waals surface area contributed by atoms with Crippen LogP contribution < -0.4 is 19.9 Å². The van der Waals surface area contributed by atoms with Crippen molar-refractivity contribution in [3.8, 4) is 35.8 Å². The zero-order valence-electron chi connectivity index (χ0n) is 24.5. The number of hydrogen-bond donors (Lipinski definition) is 2. The van der Waals surface area contributed by atoms with Crippen molar-refractivity contribution in [2.24, 2.45) is 0 Å². The molecule has 3 aromatic rings. The van der Waals surface area contributed by atoms with Gasteiger partial charge in [0.15, 0.2) is 5.78 Å². The number of esters is 1. The zero-order valence-corrected chi connectivity index (χ0v) is 26.1. The van der Waals surface area contributed by atoms with E-state index in [9.17, 15) is 56.6 Å². The lowest BCUT2D eigenvalue weighted by molar-refractivity contribution is 0.0445. The standard InChI is InChI=1S/C31H22N4O11S2/c32-16-20(17-33)24-15-28(45-12-13-46-31(37)23-7-2-4-10-30(23)48(41,42)43)25(21(18-34)19-35)14-27(24)44-11-5-8-26(36)22-6-1-3-9-29(22)47(38,39)40/h1-4,6-7,9-10,14-15H,5,8,11-13H2,(H,38,39,40)(H,41,42,43). The maximum atomic E-state index is 12.7. The Balaban J connectivity index is 1.86. The molecule has 0 atom stereocenters. The van der Waals surface area contributed by atoms with Gasteiger partial charge in [0, 0.05) is 22.4 Å². The number of hydrogen-bond acceptors (Lipinski definition) is 13. The molecule has 0 heterocycles. The average molecular weight is 691 g/mol. The predicted octanol–water partition coefficient (Wildman–Crippen LogP) is 1.85. The minimum absolute atomic E-state index is 0.000736. The van der Waals surface area contributed by atoms with Crippen LogP contribution in [-0.4, -0.2) is 57.5 Å². The van der Waals surface area contributed by atoms with Gasteiger partial charge in [0.1, 0.15) is 69.9 Å². The summed E-state index contributed by atoms with van der Waals surface area (Å²) in [6, 6.07) is 18.9. The molecular weight excluding hydrogens is 668 g/mol. The lowest BCUT2D eigenvalue weighted by atomic mass is 10.1. The van der Waals surface area contributed by atoms with Crippen LogP contribution in [0.4, 0.5) is 0 Å². The minimum Gasteiger partial charge on any atom is -0.493 e. The van der Waals surface area contributed by atoms with Crippen LogP contribution in [0.3, 0.4) is 0 Å².